The summed E-state index contributed by atoms with van der Waals surface area (Å²) >= 11 is 0. The minimum atomic E-state index is -0.739. The summed E-state index contributed by atoms with van der Waals surface area (Å²) in [5.41, 5.74) is 12.6. The largest absolute Gasteiger partial charge is 0.486 e. The average molecular weight is 995 g/mol. The van der Waals surface area contributed by atoms with E-state index in [0.29, 0.717) is 48.9 Å². The number of hydrogen-bond acceptors (Lipinski definition) is 14. The maximum Gasteiger partial charge on any atom is 0.410 e. The number of hydrogen-bond donors (Lipinski definition) is 4. The number of aryl methyl sites for hydroxylation is 1. The zero-order valence-electron chi connectivity index (χ0n) is 41.2. The highest BCUT2D eigenvalue weighted by atomic mass is 19.1. The Balaban J connectivity index is 0.740. The highest BCUT2D eigenvalue weighted by Gasteiger charge is 2.37. The van der Waals surface area contributed by atoms with Gasteiger partial charge < -0.3 is 40.6 Å². The number of fused-ring (bicyclic) bond motifs is 2. The van der Waals surface area contributed by atoms with E-state index in [2.05, 4.69) is 48.2 Å². The molecule has 21 heteroatoms. The number of aromatic nitrogens is 8. The molecule has 0 spiro atoms. The molecular formula is C52H56F2N14O5. The number of imidazole rings is 1. The molecule has 0 radical (unpaired) electrons. The number of rotatable bonds is 16. The van der Waals surface area contributed by atoms with Gasteiger partial charge in [-0.15, -0.1) is 0 Å². The molecule has 3 fully saturated rings. The first-order valence-electron chi connectivity index (χ1n) is 24.3. The first-order valence-corrected chi connectivity index (χ1v) is 24.3. The molecule has 3 amide bonds. The van der Waals surface area contributed by atoms with E-state index in [9.17, 15) is 18.8 Å². The number of ether oxygens (including phenoxy) is 2. The van der Waals surface area contributed by atoms with E-state index < -0.39 is 29.5 Å². The van der Waals surface area contributed by atoms with E-state index in [-0.39, 0.29) is 71.5 Å². The number of carbonyl (C=O) groups excluding carboxylic acids is 3. The van der Waals surface area contributed by atoms with Gasteiger partial charge >= 0.3 is 6.09 Å². The van der Waals surface area contributed by atoms with Gasteiger partial charge in [-0.1, -0.05) is 18.7 Å². The molecule has 2 aliphatic carbocycles. The molecule has 4 aromatic heterocycles. The molecule has 0 unspecified atom stereocenters. The molecule has 1 aliphatic heterocycles. The summed E-state index contributed by atoms with van der Waals surface area (Å²) in [7, 11) is 1.54. The summed E-state index contributed by atoms with van der Waals surface area (Å²) in [6, 6.07) is 12.3. The standard InChI is InChI=1S/C52H56F2N14O5/c1-27-7-14-40-42(17-27)61-43(60-40)22-56-50-64-51(63-47-38(33-10-11-33)21-59-68(47)50)66-23-29(3)67(30(4)24-66)52(71)73-25-28(2)49(70)65(6)15-16-72-45-44(57-26-58-46(45)55)37-19-35(53)20-41(31(37)5)62-48(69)36-13-12-34(18-39(36)54)32-8-9-32/h7,12-14,17-21,26,29-30,32-33H,2,8-11,15-16,22-25H2,1,3-6H3,(H,60,61)(H,62,69)(H2,55,57,58)(H,56,63,64)/t29-,30+. The van der Waals surface area contributed by atoms with Gasteiger partial charge in [-0.3, -0.25) is 14.5 Å². The highest BCUT2D eigenvalue weighted by Crippen LogP contribution is 2.43. The Kier molecular flexibility index (Phi) is 13.1. The number of nitrogens with one attached hydrogen (secondary N) is 3. The van der Waals surface area contributed by atoms with Crippen LogP contribution in [-0.2, 0) is 16.1 Å². The Morgan fingerprint density at radius 3 is 2.47 bits per heavy atom. The number of halogens is 2. The molecule has 2 atom stereocenters. The second-order valence-electron chi connectivity index (χ2n) is 19.3. The Morgan fingerprint density at radius 2 is 1.73 bits per heavy atom. The fourth-order valence-corrected chi connectivity index (χ4v) is 9.38. The Bertz CT molecular complexity index is 3300. The van der Waals surface area contributed by atoms with Gasteiger partial charge in [0.05, 0.1) is 48.0 Å². The number of aromatic amines is 1. The topological polar surface area (TPSA) is 227 Å². The molecule has 3 aliphatic rings. The molecule has 10 rings (SSSR count). The quantitative estimate of drug-likeness (QED) is 0.0682. The van der Waals surface area contributed by atoms with Gasteiger partial charge in [0.2, 0.25) is 11.9 Å². The molecule has 1 saturated heterocycles. The molecule has 3 aromatic carbocycles. The zero-order valence-corrected chi connectivity index (χ0v) is 41.2. The molecular weight excluding hydrogens is 939 g/mol. The number of nitrogens with zero attached hydrogens (tertiary/aromatic N) is 10. The molecule has 73 heavy (non-hydrogen) atoms. The molecule has 2 saturated carbocycles. The van der Waals surface area contributed by atoms with Crippen LogP contribution in [0.2, 0.25) is 0 Å². The van der Waals surface area contributed by atoms with Crippen molar-refractivity contribution in [2.75, 3.05) is 61.2 Å². The van der Waals surface area contributed by atoms with E-state index >= 15 is 4.39 Å². The van der Waals surface area contributed by atoms with Gasteiger partial charge in [-0.25, -0.2) is 28.5 Å². The first-order chi connectivity index (χ1) is 35.1. The normalized spacial score (nSPS) is 16.7. The minimum Gasteiger partial charge on any atom is -0.486 e. The number of carbonyl (C=O) groups is 3. The number of benzene rings is 3. The lowest BCUT2D eigenvalue weighted by molar-refractivity contribution is -0.126. The summed E-state index contributed by atoms with van der Waals surface area (Å²) < 4.78 is 43.7. The lowest BCUT2D eigenvalue weighted by Crippen LogP contribution is -2.59. The fourth-order valence-electron chi connectivity index (χ4n) is 9.38. The monoisotopic (exact) mass is 994 g/mol. The van der Waals surface area contributed by atoms with Gasteiger partial charge in [0.15, 0.2) is 17.2 Å². The fraction of sp³-hybridized carbons (Fsp3) is 0.365. The molecule has 378 valence electrons. The number of nitrogen functional groups attached to an aromatic ring is 1. The molecule has 5 heterocycles. The van der Waals surface area contributed by atoms with Crippen molar-refractivity contribution in [1.29, 1.82) is 0 Å². The van der Waals surface area contributed by atoms with Crippen LogP contribution in [0.4, 0.5) is 37.0 Å². The number of H-pyrrole nitrogens is 1. The van der Waals surface area contributed by atoms with E-state index in [4.69, 9.17) is 30.2 Å². The average Bonchev–Trinajstić information content (AvgIpc) is 4.31. The number of piperazine rings is 1. The lowest BCUT2D eigenvalue weighted by atomic mass is 10.0. The summed E-state index contributed by atoms with van der Waals surface area (Å²) in [6.45, 7) is 12.2. The lowest BCUT2D eigenvalue weighted by Gasteiger charge is -2.43. The van der Waals surface area contributed by atoms with Crippen molar-refractivity contribution in [1.82, 2.24) is 49.3 Å². The van der Waals surface area contributed by atoms with Crippen molar-refractivity contribution < 1.29 is 32.6 Å². The van der Waals surface area contributed by atoms with Crippen LogP contribution >= 0.6 is 0 Å². The van der Waals surface area contributed by atoms with Crippen molar-refractivity contribution in [3.63, 3.8) is 0 Å². The van der Waals surface area contributed by atoms with Gasteiger partial charge in [-0.05, 0) is 118 Å². The third-order valence-corrected chi connectivity index (χ3v) is 13.6. The number of amides is 3. The van der Waals surface area contributed by atoms with Gasteiger partial charge in [0.25, 0.3) is 11.8 Å². The maximum atomic E-state index is 15.2. The smallest absolute Gasteiger partial charge is 0.410 e. The molecule has 19 nitrogen and oxygen atoms in total. The minimum absolute atomic E-state index is 0.0233. The SMILES string of the molecule is C=C(COC(=O)N1[C@H](C)CN(c2nc(NCc3nc4ccc(C)cc4[nH]3)n3ncc(C4CC4)c3n2)C[C@@H]1C)C(=O)N(C)CCOc1c(N)ncnc1-c1cc(F)cc(NC(=O)c2ccc(C3CC3)cc2F)c1C. The molecule has 7 aromatic rings. The Labute approximate surface area is 419 Å². The van der Waals surface area contributed by atoms with Gasteiger partial charge in [-0.2, -0.15) is 19.6 Å². The van der Waals surface area contributed by atoms with Crippen molar-refractivity contribution in [3.8, 4) is 17.0 Å². The maximum absolute atomic E-state index is 15.2. The summed E-state index contributed by atoms with van der Waals surface area (Å²) in [5, 5.41) is 10.7. The molecule has 5 N–H and O–H groups in total. The summed E-state index contributed by atoms with van der Waals surface area (Å²) in [5.74, 6) is -0.117. The number of nitrogens with two attached hydrogens (primary N) is 1. The van der Waals surface area contributed by atoms with E-state index in [1.807, 2.05) is 39.1 Å². The third-order valence-electron chi connectivity index (χ3n) is 13.6. The second-order valence-corrected chi connectivity index (χ2v) is 19.3. The predicted octanol–water partition coefficient (Wildman–Crippen LogP) is 7.68. The molecule has 0 bridgehead atoms. The van der Waals surface area contributed by atoms with Crippen LogP contribution in [0, 0.1) is 25.5 Å². The number of likely N-dealkylation sites (N-methyl/N-ethyl adjacent to an activating group) is 1. The van der Waals surface area contributed by atoms with E-state index in [1.54, 1.807) is 29.5 Å². The second kappa shape index (κ2) is 19.8. The summed E-state index contributed by atoms with van der Waals surface area (Å²) in [4.78, 5) is 71.9. The Hall–Kier alpha value is -8.23. The van der Waals surface area contributed by atoms with Gasteiger partial charge in [0, 0.05) is 42.5 Å². The predicted molar refractivity (Wildman–Crippen MR) is 270 cm³/mol. The van der Waals surface area contributed by atoms with Crippen LogP contribution in [0.15, 0.2) is 73.2 Å². The number of anilines is 4. The van der Waals surface area contributed by atoms with Crippen LogP contribution in [0.3, 0.4) is 0 Å². The van der Waals surface area contributed by atoms with Crippen LogP contribution in [0.1, 0.15) is 89.8 Å². The van der Waals surface area contributed by atoms with E-state index in [1.165, 1.54) is 29.4 Å². The summed E-state index contributed by atoms with van der Waals surface area (Å²) in [6.07, 6.45) is 6.59. The van der Waals surface area contributed by atoms with Crippen LogP contribution in [0.5, 0.6) is 5.75 Å². The van der Waals surface area contributed by atoms with Crippen LogP contribution < -0.4 is 26.0 Å². The van der Waals surface area contributed by atoms with Crippen molar-refractivity contribution in [2.45, 2.75) is 83.8 Å². The van der Waals surface area contributed by atoms with E-state index in [0.717, 1.165) is 70.9 Å². The van der Waals surface area contributed by atoms with Crippen molar-refractivity contribution >= 4 is 58.0 Å². The Morgan fingerprint density at radius 1 is 0.959 bits per heavy atom. The van der Waals surface area contributed by atoms with Gasteiger partial charge in [0.1, 0.15) is 42.7 Å². The van der Waals surface area contributed by atoms with Crippen LogP contribution in [0.25, 0.3) is 27.9 Å². The van der Waals surface area contributed by atoms with Crippen molar-refractivity contribution in [3.05, 3.63) is 118 Å². The highest BCUT2D eigenvalue weighted by molar-refractivity contribution is 6.05. The zero-order chi connectivity index (χ0) is 51.2. The third kappa shape index (κ3) is 10.2. The van der Waals surface area contributed by atoms with Crippen molar-refractivity contribution in [2.24, 2.45) is 0 Å². The first kappa shape index (κ1) is 48.4. The van der Waals surface area contributed by atoms with Crippen LogP contribution in [-0.4, -0.2) is 119 Å².